The van der Waals surface area contributed by atoms with Crippen LogP contribution in [-0.4, -0.2) is 33.3 Å². The van der Waals surface area contributed by atoms with Crippen molar-refractivity contribution >= 4 is 23.1 Å². The number of H-pyrrole nitrogens is 1. The standard InChI is InChI=1S/C11H11N3O3S/c1-3-17-11(16)7-8(6(2)15)18-10(14-7)9-12-4-5-13-9/h4-5H,3H2,1-2H3,(H,12,13). The monoisotopic (exact) mass is 265 g/mol. The average Bonchev–Trinajstić information content (AvgIpc) is 2.98. The molecule has 7 heteroatoms. The SMILES string of the molecule is CCOC(=O)c1nc(-c2ncc[nH]2)sc1C(C)=O. The molecule has 0 fully saturated rings. The lowest BCUT2D eigenvalue weighted by Crippen LogP contribution is -2.09. The summed E-state index contributed by atoms with van der Waals surface area (Å²) in [5, 5.41) is 0.494. The van der Waals surface area contributed by atoms with Gasteiger partial charge in [-0.1, -0.05) is 0 Å². The van der Waals surface area contributed by atoms with Crippen LogP contribution in [0, 0.1) is 0 Å². The molecule has 0 aromatic carbocycles. The third-order valence-electron chi connectivity index (χ3n) is 2.12. The molecule has 0 amide bonds. The van der Waals surface area contributed by atoms with Crippen LogP contribution in [0.2, 0.25) is 0 Å². The first-order valence-electron chi connectivity index (χ1n) is 5.32. The fourth-order valence-corrected chi connectivity index (χ4v) is 2.29. The van der Waals surface area contributed by atoms with Gasteiger partial charge in [0.1, 0.15) is 4.88 Å². The van der Waals surface area contributed by atoms with Crippen LogP contribution >= 0.6 is 11.3 Å². The van der Waals surface area contributed by atoms with Crippen LogP contribution in [0.5, 0.6) is 0 Å². The Balaban J connectivity index is 2.45. The summed E-state index contributed by atoms with van der Waals surface area (Å²) in [6, 6.07) is 0. The van der Waals surface area contributed by atoms with Crippen LogP contribution in [0.15, 0.2) is 12.4 Å². The Morgan fingerprint density at radius 3 is 2.83 bits per heavy atom. The summed E-state index contributed by atoms with van der Waals surface area (Å²) in [5.74, 6) is -0.275. The molecule has 18 heavy (non-hydrogen) atoms. The number of hydrogen-bond donors (Lipinski definition) is 1. The van der Waals surface area contributed by atoms with Crippen molar-refractivity contribution in [1.29, 1.82) is 0 Å². The number of ether oxygens (including phenoxy) is 1. The zero-order valence-corrected chi connectivity index (χ0v) is 10.7. The van der Waals surface area contributed by atoms with Crippen LogP contribution in [0.4, 0.5) is 0 Å². The maximum absolute atomic E-state index is 11.7. The number of imidazole rings is 1. The fraction of sp³-hybridized carbons (Fsp3) is 0.273. The van der Waals surface area contributed by atoms with Gasteiger partial charge in [-0.2, -0.15) is 0 Å². The van der Waals surface area contributed by atoms with Crippen LogP contribution in [0.3, 0.4) is 0 Å². The quantitative estimate of drug-likeness (QED) is 0.674. The van der Waals surface area contributed by atoms with E-state index in [2.05, 4.69) is 15.0 Å². The number of nitrogens with zero attached hydrogens (tertiary/aromatic N) is 2. The largest absolute Gasteiger partial charge is 0.461 e. The van der Waals surface area contributed by atoms with Crippen LogP contribution in [0.25, 0.3) is 10.8 Å². The van der Waals surface area contributed by atoms with Gasteiger partial charge in [-0.3, -0.25) is 4.79 Å². The van der Waals surface area contributed by atoms with Crippen LogP contribution in [-0.2, 0) is 4.74 Å². The Bertz CT molecular complexity index is 574. The van der Waals surface area contributed by atoms with E-state index in [0.717, 1.165) is 11.3 Å². The predicted octanol–water partition coefficient (Wildman–Crippen LogP) is 1.91. The zero-order valence-electron chi connectivity index (χ0n) is 9.89. The minimum absolute atomic E-state index is 0.0563. The van der Waals surface area contributed by atoms with E-state index in [0.29, 0.717) is 15.7 Å². The Labute approximate surface area is 107 Å². The molecule has 0 aliphatic carbocycles. The molecule has 6 nitrogen and oxygen atoms in total. The van der Waals surface area contributed by atoms with Crippen LogP contribution < -0.4 is 0 Å². The van der Waals surface area contributed by atoms with E-state index in [4.69, 9.17) is 4.74 Å². The first-order chi connectivity index (χ1) is 8.63. The van der Waals surface area contributed by atoms with Gasteiger partial charge in [-0.15, -0.1) is 11.3 Å². The molecule has 0 bridgehead atoms. The maximum Gasteiger partial charge on any atom is 0.358 e. The molecule has 0 unspecified atom stereocenters. The Kier molecular flexibility index (Phi) is 3.52. The topological polar surface area (TPSA) is 84.9 Å². The summed E-state index contributed by atoms with van der Waals surface area (Å²) < 4.78 is 4.87. The number of Topliss-reactive ketones (excluding diaryl/α,β-unsaturated/α-hetero) is 1. The van der Waals surface area contributed by atoms with E-state index < -0.39 is 5.97 Å². The fourth-order valence-electron chi connectivity index (χ4n) is 1.38. The van der Waals surface area contributed by atoms with Gasteiger partial charge in [0.15, 0.2) is 22.3 Å². The number of hydrogen-bond acceptors (Lipinski definition) is 6. The third-order valence-corrected chi connectivity index (χ3v) is 3.28. The molecule has 0 radical (unpaired) electrons. The molecule has 0 saturated carbocycles. The molecular weight excluding hydrogens is 254 g/mol. The molecule has 94 valence electrons. The molecule has 0 saturated heterocycles. The minimum atomic E-state index is -0.586. The summed E-state index contributed by atoms with van der Waals surface area (Å²) in [7, 11) is 0. The number of ketones is 1. The third kappa shape index (κ3) is 2.30. The zero-order chi connectivity index (χ0) is 13.1. The van der Waals surface area contributed by atoms with Gasteiger partial charge in [-0.25, -0.2) is 14.8 Å². The first kappa shape index (κ1) is 12.4. The molecule has 0 aliphatic heterocycles. The Morgan fingerprint density at radius 1 is 1.50 bits per heavy atom. The molecule has 2 aromatic heterocycles. The molecule has 0 aliphatic rings. The first-order valence-corrected chi connectivity index (χ1v) is 6.13. The second-order valence-electron chi connectivity index (χ2n) is 3.41. The molecule has 1 N–H and O–H groups in total. The second-order valence-corrected chi connectivity index (χ2v) is 4.41. The van der Waals surface area contributed by atoms with E-state index in [1.54, 1.807) is 19.3 Å². The van der Waals surface area contributed by atoms with Crippen molar-refractivity contribution in [2.75, 3.05) is 6.61 Å². The maximum atomic E-state index is 11.7. The van der Waals surface area contributed by atoms with Crippen LogP contribution in [0.1, 0.15) is 34.0 Å². The molecule has 0 spiro atoms. The van der Waals surface area contributed by atoms with E-state index in [1.807, 2.05) is 0 Å². The number of aromatic nitrogens is 3. The van der Waals surface area contributed by atoms with Gasteiger partial charge in [0.2, 0.25) is 0 Å². The predicted molar refractivity (Wildman–Crippen MR) is 65.7 cm³/mol. The van der Waals surface area contributed by atoms with Gasteiger partial charge in [0, 0.05) is 19.3 Å². The molecule has 2 aromatic rings. The Morgan fingerprint density at radius 2 is 2.28 bits per heavy atom. The van der Waals surface area contributed by atoms with Crippen molar-refractivity contribution < 1.29 is 14.3 Å². The van der Waals surface area contributed by atoms with E-state index in [1.165, 1.54) is 6.92 Å². The summed E-state index contributed by atoms with van der Waals surface area (Å²) in [6.07, 6.45) is 3.22. The van der Waals surface area contributed by atoms with E-state index >= 15 is 0 Å². The lowest BCUT2D eigenvalue weighted by molar-refractivity contribution is 0.0517. The van der Waals surface area contributed by atoms with Crippen molar-refractivity contribution in [3.8, 4) is 10.8 Å². The highest BCUT2D eigenvalue weighted by Gasteiger charge is 2.23. The average molecular weight is 265 g/mol. The second kappa shape index (κ2) is 5.09. The normalized spacial score (nSPS) is 10.3. The number of carbonyl (C=O) groups excluding carboxylic acids is 2. The van der Waals surface area contributed by atoms with Crippen molar-refractivity contribution in [3.63, 3.8) is 0 Å². The lowest BCUT2D eigenvalue weighted by Gasteiger charge is -1.98. The van der Waals surface area contributed by atoms with E-state index in [-0.39, 0.29) is 18.1 Å². The molecule has 0 atom stereocenters. The Hall–Kier alpha value is -2.02. The summed E-state index contributed by atoms with van der Waals surface area (Å²) in [4.78, 5) is 34.5. The van der Waals surface area contributed by atoms with Crippen molar-refractivity contribution in [2.45, 2.75) is 13.8 Å². The highest BCUT2D eigenvalue weighted by molar-refractivity contribution is 7.17. The number of nitrogens with one attached hydrogen (secondary N) is 1. The smallest absolute Gasteiger partial charge is 0.358 e. The van der Waals surface area contributed by atoms with E-state index in [9.17, 15) is 9.59 Å². The number of aromatic amines is 1. The van der Waals surface area contributed by atoms with Crippen molar-refractivity contribution in [2.24, 2.45) is 0 Å². The van der Waals surface area contributed by atoms with Gasteiger partial charge >= 0.3 is 5.97 Å². The van der Waals surface area contributed by atoms with Gasteiger partial charge in [0.25, 0.3) is 0 Å². The number of thiazole rings is 1. The minimum Gasteiger partial charge on any atom is -0.461 e. The van der Waals surface area contributed by atoms with Crippen molar-refractivity contribution in [1.82, 2.24) is 15.0 Å². The highest BCUT2D eigenvalue weighted by atomic mass is 32.1. The summed E-state index contributed by atoms with van der Waals surface area (Å²) in [6.45, 7) is 3.33. The lowest BCUT2D eigenvalue weighted by atomic mass is 10.3. The van der Waals surface area contributed by atoms with Gasteiger partial charge in [-0.05, 0) is 6.92 Å². The highest BCUT2D eigenvalue weighted by Crippen LogP contribution is 2.26. The number of rotatable bonds is 4. The molecule has 2 rings (SSSR count). The van der Waals surface area contributed by atoms with Gasteiger partial charge in [0.05, 0.1) is 6.61 Å². The molecule has 2 heterocycles. The number of esters is 1. The summed E-state index contributed by atoms with van der Waals surface area (Å²) >= 11 is 1.12. The van der Waals surface area contributed by atoms with Gasteiger partial charge < -0.3 is 9.72 Å². The van der Waals surface area contributed by atoms with Crippen molar-refractivity contribution in [3.05, 3.63) is 23.0 Å². The number of carbonyl (C=O) groups is 2. The summed E-state index contributed by atoms with van der Waals surface area (Å²) in [5.41, 5.74) is 0.0563. The molecular formula is C11H11N3O3S.